The van der Waals surface area contributed by atoms with Crippen LogP contribution in [0.4, 0.5) is 35.4 Å². The smallest absolute Gasteiger partial charge is 0.447 e. The number of alkyl halides is 3. The molecule has 3 heterocycles. The lowest BCUT2D eigenvalue weighted by Gasteiger charge is -2.36. The van der Waals surface area contributed by atoms with E-state index in [1.165, 1.54) is 23.2 Å². The summed E-state index contributed by atoms with van der Waals surface area (Å²) in [5.74, 6) is 0.518. The number of anilines is 3. The second-order valence-electron chi connectivity index (χ2n) is 8.91. The number of aliphatic hydroxyl groups is 1. The van der Waals surface area contributed by atoms with Crippen LogP contribution in [0.5, 0.6) is 5.75 Å². The average Bonchev–Trinajstić information content (AvgIpc) is 3.21. The van der Waals surface area contributed by atoms with Crippen molar-refractivity contribution in [3.63, 3.8) is 0 Å². The van der Waals surface area contributed by atoms with Gasteiger partial charge < -0.3 is 24.8 Å². The number of piperidine rings is 1. The van der Waals surface area contributed by atoms with Crippen LogP contribution in [-0.4, -0.2) is 65.4 Å². The number of rotatable bonds is 7. The molecule has 0 saturated carbocycles. The fraction of sp³-hybridized carbons (Fsp3) is 0.522. The van der Waals surface area contributed by atoms with Gasteiger partial charge in [-0.15, -0.1) is 13.2 Å². The van der Waals surface area contributed by atoms with Crippen LogP contribution in [0.15, 0.2) is 30.5 Å². The first kappa shape index (κ1) is 26.1. The first-order chi connectivity index (χ1) is 17.0. The van der Waals surface area contributed by atoms with Gasteiger partial charge in [0.05, 0.1) is 11.1 Å². The molecule has 2 saturated heterocycles. The average molecular weight is 530 g/mol. The molecule has 1 unspecified atom stereocenters. The van der Waals surface area contributed by atoms with E-state index in [0.717, 1.165) is 12.8 Å². The second kappa shape index (κ2) is 10.6. The minimum absolute atomic E-state index is 0.00478. The summed E-state index contributed by atoms with van der Waals surface area (Å²) < 4.78 is 47.1. The molecule has 36 heavy (non-hydrogen) atoms. The predicted octanol–water partition coefficient (Wildman–Crippen LogP) is 4.45. The zero-order chi connectivity index (χ0) is 26.0. The highest BCUT2D eigenvalue weighted by Crippen LogP contribution is 2.35. The SMILES string of the molecule is CC(O)[C@H]1COC(=O)N1c1ccnc(N[C@@H](C)C2CCN(c3ccc(Cl)c(OC(F)(F)F)c3)CC2)n1. The summed E-state index contributed by atoms with van der Waals surface area (Å²) in [6.07, 6.45) is -3.07. The van der Waals surface area contributed by atoms with Crippen LogP contribution in [0.2, 0.25) is 5.02 Å². The number of aromatic nitrogens is 2. The van der Waals surface area contributed by atoms with E-state index < -0.39 is 30.4 Å². The number of nitrogens with one attached hydrogen (secondary N) is 1. The van der Waals surface area contributed by atoms with Gasteiger partial charge in [-0.1, -0.05) is 11.6 Å². The fourth-order valence-corrected chi connectivity index (χ4v) is 4.63. The van der Waals surface area contributed by atoms with Gasteiger partial charge >= 0.3 is 12.5 Å². The third kappa shape index (κ3) is 6.04. The number of aliphatic hydroxyl groups excluding tert-OH is 1. The molecule has 3 atom stereocenters. The van der Waals surface area contributed by atoms with Crippen LogP contribution in [0, 0.1) is 5.92 Å². The van der Waals surface area contributed by atoms with Crippen LogP contribution in [0.1, 0.15) is 26.7 Å². The van der Waals surface area contributed by atoms with Gasteiger partial charge in [0.25, 0.3) is 0 Å². The normalized spacial score (nSPS) is 20.8. The molecule has 1 aromatic heterocycles. The number of cyclic esters (lactones) is 1. The van der Waals surface area contributed by atoms with E-state index in [4.69, 9.17) is 16.3 Å². The van der Waals surface area contributed by atoms with Gasteiger partial charge in [0.1, 0.15) is 24.2 Å². The number of benzene rings is 1. The molecular formula is C23H27ClF3N5O4. The molecule has 2 N–H and O–H groups in total. The van der Waals surface area contributed by atoms with Crippen LogP contribution in [0.3, 0.4) is 0 Å². The molecular weight excluding hydrogens is 503 g/mol. The number of hydrogen-bond donors (Lipinski definition) is 2. The molecule has 2 aliphatic rings. The maximum Gasteiger partial charge on any atom is 0.573 e. The Balaban J connectivity index is 1.37. The Morgan fingerprint density at radius 3 is 2.64 bits per heavy atom. The maximum atomic E-state index is 12.7. The van der Waals surface area contributed by atoms with Crippen LogP contribution < -0.4 is 19.9 Å². The summed E-state index contributed by atoms with van der Waals surface area (Å²) in [4.78, 5) is 24.2. The largest absolute Gasteiger partial charge is 0.573 e. The summed E-state index contributed by atoms with van der Waals surface area (Å²) in [6, 6.07) is 5.43. The predicted molar refractivity (Wildman–Crippen MR) is 127 cm³/mol. The van der Waals surface area contributed by atoms with Gasteiger partial charge in [-0.25, -0.2) is 9.78 Å². The molecule has 4 rings (SSSR count). The van der Waals surface area contributed by atoms with Crippen molar-refractivity contribution in [2.24, 2.45) is 5.92 Å². The highest BCUT2D eigenvalue weighted by Gasteiger charge is 2.38. The number of hydrogen-bond acceptors (Lipinski definition) is 8. The fourth-order valence-electron chi connectivity index (χ4n) is 4.48. The van der Waals surface area contributed by atoms with Gasteiger partial charge in [-0.2, -0.15) is 4.98 Å². The Labute approximate surface area is 211 Å². The molecule has 0 bridgehead atoms. The van der Waals surface area contributed by atoms with E-state index in [2.05, 4.69) is 20.0 Å². The van der Waals surface area contributed by atoms with Crippen molar-refractivity contribution >= 4 is 35.1 Å². The van der Waals surface area contributed by atoms with E-state index in [1.54, 1.807) is 19.1 Å². The van der Waals surface area contributed by atoms with Crippen LogP contribution in [0.25, 0.3) is 0 Å². The molecule has 1 amide bonds. The van der Waals surface area contributed by atoms with Crippen LogP contribution >= 0.6 is 11.6 Å². The minimum Gasteiger partial charge on any atom is -0.447 e. The molecule has 2 fully saturated rings. The molecule has 2 aliphatic heterocycles. The minimum atomic E-state index is -4.82. The zero-order valence-corrected chi connectivity index (χ0v) is 20.5. The quantitative estimate of drug-likeness (QED) is 0.542. The van der Waals surface area contributed by atoms with E-state index in [9.17, 15) is 23.1 Å². The van der Waals surface area contributed by atoms with E-state index >= 15 is 0 Å². The molecule has 0 aliphatic carbocycles. The maximum absolute atomic E-state index is 12.7. The van der Waals surface area contributed by atoms with Crippen molar-refractivity contribution in [3.8, 4) is 5.75 Å². The van der Waals surface area contributed by atoms with Crippen molar-refractivity contribution in [1.82, 2.24) is 9.97 Å². The summed E-state index contributed by atoms with van der Waals surface area (Å²) in [7, 11) is 0. The first-order valence-electron chi connectivity index (χ1n) is 11.6. The van der Waals surface area contributed by atoms with Crippen molar-refractivity contribution in [2.45, 2.75) is 51.2 Å². The lowest BCUT2D eigenvalue weighted by Crippen LogP contribution is -2.41. The molecule has 9 nitrogen and oxygen atoms in total. The summed E-state index contributed by atoms with van der Waals surface area (Å²) in [5, 5.41) is 13.2. The molecule has 196 valence electrons. The lowest BCUT2D eigenvalue weighted by atomic mass is 9.90. The Hall–Kier alpha value is -2.99. The van der Waals surface area contributed by atoms with E-state index in [1.807, 2.05) is 11.8 Å². The standard InChI is InChI=1S/C23H27ClF3N5O4/c1-13(29-21-28-8-5-20(30-21)32-18(14(2)33)12-35-22(32)34)15-6-9-31(10-7-15)16-3-4-17(24)19(11-16)36-23(25,26)27/h3-5,8,11,13-15,18,33H,6-7,9-10,12H2,1-2H3,(H,28,29,30)/t13-,14?,18+/m0/s1. The monoisotopic (exact) mass is 529 g/mol. The van der Waals surface area contributed by atoms with E-state index in [0.29, 0.717) is 30.5 Å². The van der Waals surface area contributed by atoms with Crippen molar-refractivity contribution in [2.75, 3.05) is 34.8 Å². The summed E-state index contributed by atoms with van der Waals surface area (Å²) in [5.41, 5.74) is 0.610. The molecule has 13 heteroatoms. The second-order valence-corrected chi connectivity index (χ2v) is 9.32. The molecule has 0 radical (unpaired) electrons. The first-order valence-corrected chi connectivity index (χ1v) is 11.9. The van der Waals surface area contributed by atoms with Gasteiger partial charge in [-0.05, 0) is 50.8 Å². The number of halogens is 4. The van der Waals surface area contributed by atoms with Crippen molar-refractivity contribution in [1.29, 1.82) is 0 Å². The van der Waals surface area contributed by atoms with Crippen LogP contribution in [-0.2, 0) is 4.74 Å². The third-order valence-electron chi connectivity index (χ3n) is 6.46. The van der Waals surface area contributed by atoms with Gasteiger partial charge in [0.2, 0.25) is 5.95 Å². The Morgan fingerprint density at radius 1 is 1.25 bits per heavy atom. The summed E-state index contributed by atoms with van der Waals surface area (Å²) >= 11 is 5.86. The highest BCUT2D eigenvalue weighted by atomic mass is 35.5. The number of nitrogens with zero attached hydrogens (tertiary/aromatic N) is 4. The van der Waals surface area contributed by atoms with Gasteiger partial charge in [0, 0.05) is 37.1 Å². The Kier molecular flexibility index (Phi) is 7.65. The molecule has 2 aromatic rings. The van der Waals surface area contributed by atoms with Crippen molar-refractivity contribution < 1.29 is 32.5 Å². The number of amides is 1. The molecule has 1 aromatic carbocycles. The molecule has 0 spiro atoms. The zero-order valence-electron chi connectivity index (χ0n) is 19.7. The Morgan fingerprint density at radius 2 is 1.97 bits per heavy atom. The van der Waals surface area contributed by atoms with E-state index in [-0.39, 0.29) is 23.6 Å². The summed E-state index contributed by atoms with van der Waals surface area (Å²) in [6.45, 7) is 4.95. The lowest BCUT2D eigenvalue weighted by molar-refractivity contribution is -0.274. The number of carbonyl (C=O) groups is 1. The number of carbonyl (C=O) groups excluding carboxylic acids is 1. The number of ether oxygens (including phenoxy) is 2. The van der Waals surface area contributed by atoms with Crippen molar-refractivity contribution in [3.05, 3.63) is 35.5 Å². The Bertz CT molecular complexity index is 1080. The highest BCUT2D eigenvalue weighted by molar-refractivity contribution is 6.32. The topological polar surface area (TPSA) is 100 Å². The van der Waals surface area contributed by atoms with Gasteiger partial charge in [-0.3, -0.25) is 4.90 Å². The van der Waals surface area contributed by atoms with Gasteiger partial charge in [0.15, 0.2) is 0 Å². The third-order valence-corrected chi connectivity index (χ3v) is 6.77.